The molecule has 146 valence electrons. The van der Waals surface area contributed by atoms with E-state index < -0.39 is 5.63 Å². The molecule has 1 heterocycles. The molecule has 0 aliphatic heterocycles. The summed E-state index contributed by atoms with van der Waals surface area (Å²) in [6.07, 6.45) is 13.3. The Morgan fingerprint density at radius 1 is 0.926 bits per heavy atom. The molecule has 1 aromatic heterocycles. The summed E-state index contributed by atoms with van der Waals surface area (Å²) in [6, 6.07) is 7.42. The molecular formula is C23H31NO3. The van der Waals surface area contributed by atoms with E-state index in [1.165, 1.54) is 44.9 Å². The number of fused-ring (bicyclic) bond motifs is 1. The minimum absolute atomic E-state index is 0.110. The monoisotopic (exact) mass is 369 g/mol. The first-order valence-corrected chi connectivity index (χ1v) is 10.5. The van der Waals surface area contributed by atoms with Gasteiger partial charge in [-0.15, -0.1) is 0 Å². The van der Waals surface area contributed by atoms with Gasteiger partial charge in [0, 0.05) is 11.4 Å². The lowest BCUT2D eigenvalue weighted by Gasteiger charge is -2.19. The fourth-order valence-electron chi connectivity index (χ4n) is 3.97. The zero-order valence-corrected chi connectivity index (χ0v) is 16.4. The maximum atomic E-state index is 12.8. The van der Waals surface area contributed by atoms with E-state index in [9.17, 15) is 9.59 Å². The molecule has 1 fully saturated rings. The summed E-state index contributed by atoms with van der Waals surface area (Å²) < 4.78 is 5.35. The topological polar surface area (TPSA) is 59.3 Å². The van der Waals surface area contributed by atoms with Gasteiger partial charge in [-0.2, -0.15) is 0 Å². The van der Waals surface area contributed by atoms with Crippen LogP contribution in [-0.2, 0) is 0 Å². The third-order valence-electron chi connectivity index (χ3n) is 5.57. The molecule has 0 bridgehead atoms. The van der Waals surface area contributed by atoms with E-state index in [4.69, 9.17) is 4.42 Å². The van der Waals surface area contributed by atoms with Gasteiger partial charge in [0.2, 0.25) is 0 Å². The van der Waals surface area contributed by atoms with Gasteiger partial charge < -0.3 is 9.73 Å². The van der Waals surface area contributed by atoms with Crippen LogP contribution < -0.4 is 10.9 Å². The van der Waals surface area contributed by atoms with Crippen molar-refractivity contribution in [1.29, 1.82) is 0 Å². The van der Waals surface area contributed by atoms with Crippen LogP contribution in [0, 0.1) is 6.92 Å². The summed E-state index contributed by atoms with van der Waals surface area (Å²) in [7, 11) is 0. The summed E-state index contributed by atoms with van der Waals surface area (Å²) >= 11 is 0. The molecule has 1 aliphatic rings. The highest BCUT2D eigenvalue weighted by molar-refractivity contribution is 5.96. The number of nitrogens with one attached hydrogen (secondary N) is 1. The zero-order valence-electron chi connectivity index (χ0n) is 16.4. The van der Waals surface area contributed by atoms with E-state index in [2.05, 4.69) is 5.32 Å². The third kappa shape index (κ3) is 5.69. The molecule has 0 spiro atoms. The number of carbonyl (C=O) groups excluding carboxylic acids is 1. The van der Waals surface area contributed by atoms with Crippen molar-refractivity contribution in [3.63, 3.8) is 0 Å². The van der Waals surface area contributed by atoms with Crippen molar-refractivity contribution in [1.82, 2.24) is 5.32 Å². The van der Waals surface area contributed by atoms with Gasteiger partial charge in [0.15, 0.2) is 0 Å². The van der Waals surface area contributed by atoms with Gasteiger partial charge >= 0.3 is 5.63 Å². The molecule has 27 heavy (non-hydrogen) atoms. The lowest BCUT2D eigenvalue weighted by Crippen LogP contribution is -2.37. The van der Waals surface area contributed by atoms with Crippen molar-refractivity contribution in [3.8, 4) is 0 Å². The number of carbonyl (C=O) groups is 1. The maximum Gasteiger partial charge on any atom is 0.349 e. The summed E-state index contributed by atoms with van der Waals surface area (Å²) in [5, 5.41) is 3.90. The van der Waals surface area contributed by atoms with Crippen LogP contribution >= 0.6 is 0 Å². The lowest BCUT2D eigenvalue weighted by molar-refractivity contribution is 0.0928. The van der Waals surface area contributed by atoms with Crippen LogP contribution in [0.2, 0.25) is 0 Å². The van der Waals surface area contributed by atoms with Crippen molar-refractivity contribution in [2.45, 2.75) is 83.6 Å². The number of rotatable bonds is 2. The average molecular weight is 370 g/mol. The molecule has 0 unspecified atom stereocenters. The Kier molecular flexibility index (Phi) is 7.08. The van der Waals surface area contributed by atoms with Crippen molar-refractivity contribution >= 4 is 16.9 Å². The van der Waals surface area contributed by atoms with E-state index >= 15 is 0 Å². The SMILES string of the molecule is Cc1ccc2oc(=O)c(C(=O)NC3CCCCCCCCCCC3)cc2c1. The minimum atomic E-state index is -0.558. The molecular weight excluding hydrogens is 338 g/mol. The molecule has 0 atom stereocenters. The van der Waals surface area contributed by atoms with Crippen molar-refractivity contribution < 1.29 is 9.21 Å². The van der Waals surface area contributed by atoms with Crippen LogP contribution in [0.5, 0.6) is 0 Å². The molecule has 1 N–H and O–H groups in total. The molecule has 2 aromatic rings. The second-order valence-corrected chi connectivity index (χ2v) is 7.92. The Morgan fingerprint density at radius 2 is 1.52 bits per heavy atom. The third-order valence-corrected chi connectivity index (χ3v) is 5.57. The summed E-state index contributed by atoms with van der Waals surface area (Å²) in [5.41, 5.74) is 1.14. The van der Waals surface area contributed by atoms with E-state index in [-0.39, 0.29) is 17.5 Å². The molecule has 4 heteroatoms. The second-order valence-electron chi connectivity index (χ2n) is 7.92. The zero-order chi connectivity index (χ0) is 19.1. The highest BCUT2D eigenvalue weighted by Crippen LogP contribution is 2.18. The number of benzene rings is 1. The summed E-state index contributed by atoms with van der Waals surface area (Å²) in [6.45, 7) is 1.98. The summed E-state index contributed by atoms with van der Waals surface area (Å²) in [5.74, 6) is -0.302. The van der Waals surface area contributed by atoms with E-state index in [0.29, 0.717) is 5.58 Å². The van der Waals surface area contributed by atoms with Gasteiger partial charge in [-0.3, -0.25) is 4.79 Å². The predicted octanol–water partition coefficient (Wildman–Crippen LogP) is 5.50. The first-order chi connectivity index (χ1) is 13.1. The van der Waals surface area contributed by atoms with Crippen LogP contribution in [0.15, 0.2) is 33.5 Å². The Labute approximate surface area is 161 Å². The summed E-state index contributed by atoms with van der Waals surface area (Å²) in [4.78, 5) is 25.0. The van der Waals surface area contributed by atoms with Gasteiger partial charge in [0.1, 0.15) is 11.1 Å². The second kappa shape index (κ2) is 9.72. The molecule has 0 radical (unpaired) electrons. The Bertz CT molecular complexity index is 812. The van der Waals surface area contributed by atoms with Crippen LogP contribution in [0.1, 0.15) is 86.6 Å². The fourth-order valence-corrected chi connectivity index (χ4v) is 3.97. The normalized spacial score (nSPS) is 17.8. The van der Waals surface area contributed by atoms with E-state index in [1.54, 1.807) is 12.1 Å². The fraction of sp³-hybridized carbons (Fsp3) is 0.565. The first-order valence-electron chi connectivity index (χ1n) is 10.5. The van der Waals surface area contributed by atoms with Crippen LogP contribution in [0.3, 0.4) is 0 Å². The predicted molar refractivity (Wildman–Crippen MR) is 109 cm³/mol. The molecule has 1 amide bonds. The van der Waals surface area contributed by atoms with Crippen LogP contribution in [0.4, 0.5) is 0 Å². The maximum absolute atomic E-state index is 12.8. The molecule has 1 aromatic carbocycles. The number of aryl methyl sites for hydroxylation is 1. The molecule has 0 saturated heterocycles. The van der Waals surface area contributed by atoms with Crippen molar-refractivity contribution in [2.24, 2.45) is 0 Å². The highest BCUT2D eigenvalue weighted by atomic mass is 16.4. The van der Waals surface area contributed by atoms with Gasteiger partial charge in [-0.05, 0) is 38.0 Å². The molecule has 1 aliphatic carbocycles. The van der Waals surface area contributed by atoms with Gasteiger partial charge in [0.25, 0.3) is 5.91 Å². The average Bonchev–Trinajstić information content (AvgIpc) is 2.63. The number of hydrogen-bond acceptors (Lipinski definition) is 3. The minimum Gasteiger partial charge on any atom is -0.422 e. The largest absolute Gasteiger partial charge is 0.422 e. The van der Waals surface area contributed by atoms with Gasteiger partial charge in [-0.1, -0.05) is 69.4 Å². The van der Waals surface area contributed by atoms with E-state index in [1.807, 2.05) is 19.1 Å². The number of amides is 1. The Morgan fingerprint density at radius 3 is 2.15 bits per heavy atom. The standard InChI is InChI=1S/C23H31NO3/c1-17-13-14-21-18(15-17)16-20(23(26)27-21)22(25)24-19-11-9-7-5-3-2-4-6-8-10-12-19/h13-16,19H,2-12H2,1H3,(H,24,25). The van der Waals surface area contributed by atoms with Crippen molar-refractivity contribution in [2.75, 3.05) is 0 Å². The quantitative estimate of drug-likeness (QED) is 0.711. The highest BCUT2D eigenvalue weighted by Gasteiger charge is 2.18. The Hall–Kier alpha value is -2.10. The molecule has 3 rings (SSSR count). The van der Waals surface area contributed by atoms with Crippen LogP contribution in [0.25, 0.3) is 11.0 Å². The van der Waals surface area contributed by atoms with Gasteiger partial charge in [-0.25, -0.2) is 4.79 Å². The van der Waals surface area contributed by atoms with Crippen molar-refractivity contribution in [3.05, 3.63) is 45.8 Å². The van der Waals surface area contributed by atoms with Gasteiger partial charge in [0.05, 0.1) is 0 Å². The lowest BCUT2D eigenvalue weighted by atomic mass is 9.97. The smallest absolute Gasteiger partial charge is 0.349 e. The first kappa shape index (κ1) is 19.7. The van der Waals surface area contributed by atoms with Crippen LogP contribution in [-0.4, -0.2) is 11.9 Å². The molecule has 1 saturated carbocycles. The number of hydrogen-bond donors (Lipinski definition) is 1. The molecule has 4 nitrogen and oxygen atoms in total. The van der Waals surface area contributed by atoms with E-state index in [0.717, 1.165) is 36.6 Å². The Balaban J connectivity index is 1.70.